The van der Waals surface area contributed by atoms with Gasteiger partial charge in [0.25, 0.3) is 0 Å². The molecule has 1 saturated heterocycles. The van der Waals surface area contributed by atoms with E-state index in [9.17, 15) is 13.2 Å². The lowest BCUT2D eigenvalue weighted by molar-refractivity contribution is -0.0102. The number of fused-ring (bicyclic) bond motifs is 1. The molecule has 1 aromatic heterocycles. The summed E-state index contributed by atoms with van der Waals surface area (Å²) >= 11 is 0. The fraction of sp³-hybridized carbons (Fsp3) is 0.389. The third kappa shape index (κ3) is 3.33. The molecule has 122 valence electrons. The second kappa shape index (κ2) is 5.87. The molecule has 1 aromatic carbocycles. The van der Waals surface area contributed by atoms with Crippen molar-refractivity contribution in [3.8, 4) is 0 Å². The molecule has 1 aliphatic rings. The van der Waals surface area contributed by atoms with E-state index >= 15 is 0 Å². The zero-order valence-corrected chi connectivity index (χ0v) is 13.1. The van der Waals surface area contributed by atoms with E-state index in [1.807, 2.05) is 17.9 Å². The first-order valence-corrected chi connectivity index (χ1v) is 7.75. The van der Waals surface area contributed by atoms with Crippen LogP contribution in [0.2, 0.25) is 0 Å². The molecular formula is C18H19F3N2. The molecule has 0 radical (unpaired) electrons. The minimum atomic E-state index is -2.62. The maximum atomic E-state index is 13.6. The van der Waals surface area contributed by atoms with Crippen molar-refractivity contribution in [2.24, 2.45) is 0 Å². The summed E-state index contributed by atoms with van der Waals surface area (Å²) in [5.74, 6) is -2.36. The first kappa shape index (κ1) is 15.8. The molecule has 0 unspecified atom stereocenters. The molecule has 0 amide bonds. The van der Waals surface area contributed by atoms with Gasteiger partial charge in [-0.2, -0.15) is 0 Å². The van der Waals surface area contributed by atoms with Gasteiger partial charge in [-0.05, 0) is 37.1 Å². The number of halogens is 3. The maximum Gasteiger partial charge on any atom is 0.249 e. The first-order valence-electron chi connectivity index (χ1n) is 7.75. The van der Waals surface area contributed by atoms with Gasteiger partial charge >= 0.3 is 0 Å². The topological polar surface area (TPSA) is 16.1 Å². The van der Waals surface area contributed by atoms with E-state index in [4.69, 9.17) is 0 Å². The van der Waals surface area contributed by atoms with Gasteiger partial charge in [0, 0.05) is 42.9 Å². The lowest BCUT2D eigenvalue weighted by Gasteiger charge is -2.25. The first-order chi connectivity index (χ1) is 10.9. The normalized spacial score (nSPS) is 18.0. The van der Waals surface area contributed by atoms with E-state index in [0.717, 1.165) is 16.5 Å². The number of hydrogen-bond donors (Lipinski definition) is 0. The quantitative estimate of drug-likeness (QED) is 0.771. The number of benzene rings is 1. The van der Waals surface area contributed by atoms with Crippen LogP contribution in [0.3, 0.4) is 0 Å². The number of rotatable bonds is 2. The van der Waals surface area contributed by atoms with Gasteiger partial charge in [-0.15, -0.1) is 0 Å². The summed E-state index contributed by atoms with van der Waals surface area (Å²) in [5.41, 5.74) is 2.17. The number of anilines is 1. The average molecular weight is 320 g/mol. The number of alkyl halides is 2. The molecule has 2 heterocycles. The number of allylic oxidation sites excluding steroid dienone is 1. The van der Waals surface area contributed by atoms with Crippen LogP contribution in [0.15, 0.2) is 30.8 Å². The molecule has 0 spiro atoms. The van der Waals surface area contributed by atoms with Crippen molar-refractivity contribution in [2.45, 2.75) is 32.1 Å². The molecule has 2 nitrogen and oxygen atoms in total. The fourth-order valence-corrected chi connectivity index (χ4v) is 2.96. The highest BCUT2D eigenvalue weighted by atomic mass is 19.3. The van der Waals surface area contributed by atoms with E-state index in [1.54, 1.807) is 6.07 Å². The molecular weight excluding hydrogens is 301 g/mol. The van der Waals surface area contributed by atoms with Gasteiger partial charge in [0.05, 0.1) is 5.52 Å². The van der Waals surface area contributed by atoms with Gasteiger partial charge in [-0.1, -0.05) is 6.58 Å². The second-order valence-corrected chi connectivity index (χ2v) is 6.17. The Morgan fingerprint density at radius 3 is 2.74 bits per heavy atom. The van der Waals surface area contributed by atoms with Crippen LogP contribution in [-0.2, 0) is 0 Å². The molecule has 0 N–H and O–H groups in total. The summed E-state index contributed by atoms with van der Waals surface area (Å²) in [6, 6.07) is 6.33. The van der Waals surface area contributed by atoms with Gasteiger partial charge in [-0.25, -0.2) is 18.2 Å². The summed E-state index contributed by atoms with van der Waals surface area (Å²) in [7, 11) is 0. The Bertz CT molecular complexity index is 755. The zero-order chi connectivity index (χ0) is 16.6. The molecule has 1 fully saturated rings. The summed E-state index contributed by atoms with van der Waals surface area (Å²) in [6.07, 6.45) is 0.116. The van der Waals surface area contributed by atoms with Crippen molar-refractivity contribution in [1.29, 1.82) is 0 Å². The highest BCUT2D eigenvalue weighted by molar-refractivity contribution is 5.87. The van der Waals surface area contributed by atoms with Crippen LogP contribution in [0.1, 0.15) is 31.7 Å². The number of pyridine rings is 1. The molecule has 5 heteroatoms. The predicted molar refractivity (Wildman–Crippen MR) is 87.4 cm³/mol. The molecule has 1 aliphatic heterocycles. The number of aromatic nitrogens is 1. The minimum Gasteiger partial charge on any atom is -0.356 e. The van der Waals surface area contributed by atoms with Gasteiger partial charge in [0.1, 0.15) is 11.6 Å². The average Bonchev–Trinajstić information content (AvgIpc) is 2.66. The molecule has 0 saturated carbocycles. The van der Waals surface area contributed by atoms with Crippen LogP contribution in [0.5, 0.6) is 0 Å². The Balaban J connectivity index is 2.07. The summed E-state index contributed by atoms with van der Waals surface area (Å²) < 4.78 is 40.7. The maximum absolute atomic E-state index is 13.6. The summed E-state index contributed by atoms with van der Waals surface area (Å²) in [6.45, 7) is 6.59. The molecule has 2 aromatic rings. The standard InChI is InChI=1S/C18H19F3N2/c1-12(2)15-10-13-4-5-14(19)11-16(13)22-17(15)23-8-3-6-18(20,21)7-9-23/h4-5,10-11H,1,3,6-9H2,2H3. The Kier molecular flexibility index (Phi) is 4.04. The van der Waals surface area contributed by atoms with Crippen molar-refractivity contribution >= 4 is 22.3 Å². The zero-order valence-electron chi connectivity index (χ0n) is 13.1. The van der Waals surface area contributed by atoms with Crippen molar-refractivity contribution in [3.63, 3.8) is 0 Å². The van der Waals surface area contributed by atoms with Crippen LogP contribution < -0.4 is 4.90 Å². The highest BCUT2D eigenvalue weighted by Gasteiger charge is 2.32. The van der Waals surface area contributed by atoms with E-state index in [-0.39, 0.29) is 25.2 Å². The second-order valence-electron chi connectivity index (χ2n) is 6.17. The lowest BCUT2D eigenvalue weighted by atomic mass is 10.1. The van der Waals surface area contributed by atoms with Crippen molar-refractivity contribution < 1.29 is 13.2 Å². The van der Waals surface area contributed by atoms with Gasteiger partial charge < -0.3 is 4.90 Å². The van der Waals surface area contributed by atoms with Crippen molar-refractivity contribution in [3.05, 3.63) is 42.2 Å². The van der Waals surface area contributed by atoms with Crippen LogP contribution in [0, 0.1) is 5.82 Å². The van der Waals surface area contributed by atoms with Crippen LogP contribution in [0.25, 0.3) is 16.5 Å². The van der Waals surface area contributed by atoms with E-state index in [2.05, 4.69) is 11.6 Å². The third-order valence-electron chi connectivity index (χ3n) is 4.24. The van der Waals surface area contributed by atoms with Crippen LogP contribution in [0.4, 0.5) is 19.0 Å². The van der Waals surface area contributed by atoms with E-state index in [0.29, 0.717) is 24.3 Å². The van der Waals surface area contributed by atoms with Crippen LogP contribution >= 0.6 is 0 Å². The van der Waals surface area contributed by atoms with Gasteiger partial charge in [0.2, 0.25) is 5.92 Å². The Labute approximate surface area is 133 Å². The molecule has 3 rings (SSSR count). The largest absolute Gasteiger partial charge is 0.356 e. The predicted octanol–water partition coefficient (Wildman–Crippen LogP) is 5.03. The number of hydrogen-bond acceptors (Lipinski definition) is 2. The molecule has 0 aliphatic carbocycles. The monoisotopic (exact) mass is 320 g/mol. The molecule has 0 atom stereocenters. The van der Waals surface area contributed by atoms with Gasteiger partial charge in [-0.3, -0.25) is 0 Å². The van der Waals surface area contributed by atoms with Crippen molar-refractivity contribution in [1.82, 2.24) is 4.98 Å². The SMILES string of the molecule is C=C(C)c1cc2ccc(F)cc2nc1N1CCCC(F)(F)CC1. The summed E-state index contributed by atoms with van der Waals surface area (Å²) in [5, 5.41) is 0.813. The third-order valence-corrected chi connectivity index (χ3v) is 4.24. The molecule has 0 bridgehead atoms. The van der Waals surface area contributed by atoms with Crippen molar-refractivity contribution in [2.75, 3.05) is 18.0 Å². The van der Waals surface area contributed by atoms with E-state index in [1.165, 1.54) is 12.1 Å². The van der Waals surface area contributed by atoms with E-state index < -0.39 is 5.92 Å². The van der Waals surface area contributed by atoms with Gasteiger partial charge in [0.15, 0.2) is 0 Å². The van der Waals surface area contributed by atoms with Crippen LogP contribution in [-0.4, -0.2) is 24.0 Å². The summed E-state index contributed by atoms with van der Waals surface area (Å²) in [4.78, 5) is 6.42. The minimum absolute atomic E-state index is 0.103. The highest BCUT2D eigenvalue weighted by Crippen LogP contribution is 2.33. The Hall–Kier alpha value is -2.04. The fourth-order valence-electron chi connectivity index (χ4n) is 2.96. The smallest absolute Gasteiger partial charge is 0.249 e. The Morgan fingerprint density at radius 1 is 1.22 bits per heavy atom. The Morgan fingerprint density at radius 2 is 2.00 bits per heavy atom. The lowest BCUT2D eigenvalue weighted by Crippen LogP contribution is -2.27. The number of nitrogens with zero attached hydrogens (tertiary/aromatic N) is 2. The molecule has 23 heavy (non-hydrogen) atoms.